The second kappa shape index (κ2) is 10.7. The number of ether oxygens (including phenoxy) is 4. The van der Waals surface area contributed by atoms with Crippen LogP contribution in [0.25, 0.3) is 6.08 Å². The molecule has 1 heterocycles. The van der Waals surface area contributed by atoms with Gasteiger partial charge in [-0.3, -0.25) is 9.59 Å². The molecule has 0 radical (unpaired) electrons. The zero-order valence-corrected chi connectivity index (χ0v) is 19.4. The summed E-state index contributed by atoms with van der Waals surface area (Å²) in [4.78, 5) is 36.2. The van der Waals surface area contributed by atoms with Crippen LogP contribution in [0.3, 0.4) is 0 Å². The minimum Gasteiger partial charge on any atom is -0.497 e. The van der Waals surface area contributed by atoms with Crippen molar-refractivity contribution < 1.29 is 38.4 Å². The van der Waals surface area contributed by atoms with E-state index in [2.05, 4.69) is 5.32 Å². The first-order valence-electron chi connectivity index (χ1n) is 10.7. The van der Waals surface area contributed by atoms with E-state index in [1.54, 1.807) is 43.5 Å². The van der Waals surface area contributed by atoms with E-state index in [9.17, 15) is 19.5 Å². The van der Waals surface area contributed by atoms with Gasteiger partial charge in [-0.15, -0.1) is 0 Å². The van der Waals surface area contributed by atoms with E-state index < -0.39 is 17.9 Å². The topological polar surface area (TPSA) is 120 Å². The second-order valence-electron chi connectivity index (χ2n) is 8.08. The third-order valence-corrected chi connectivity index (χ3v) is 5.08. The Bertz CT molecular complexity index is 1120. The number of rotatable bonds is 10. The molecule has 0 saturated heterocycles. The fourth-order valence-electron chi connectivity index (χ4n) is 3.43. The maximum absolute atomic E-state index is 12.8. The number of benzene rings is 2. The SMILES string of the molecule is COc1ccc(OC)c(/C=C2/Oc3cc(OCC(=O)N[C@H](CC(C)C)C(=O)O)ccc3C2=O)c1. The van der Waals surface area contributed by atoms with E-state index in [1.807, 2.05) is 13.8 Å². The molecule has 0 bridgehead atoms. The molecule has 2 aromatic carbocycles. The van der Waals surface area contributed by atoms with E-state index in [0.29, 0.717) is 40.5 Å². The normalized spacial score (nSPS) is 14.4. The van der Waals surface area contributed by atoms with Gasteiger partial charge in [0.05, 0.1) is 19.8 Å². The molecule has 1 aliphatic rings. The summed E-state index contributed by atoms with van der Waals surface area (Å²) < 4.78 is 21.8. The van der Waals surface area contributed by atoms with E-state index in [4.69, 9.17) is 18.9 Å². The third-order valence-electron chi connectivity index (χ3n) is 5.08. The molecule has 2 aromatic rings. The van der Waals surface area contributed by atoms with Gasteiger partial charge in [-0.1, -0.05) is 13.8 Å². The van der Waals surface area contributed by atoms with Crippen molar-refractivity contribution in [1.82, 2.24) is 5.32 Å². The molecular weight excluding hydrogens is 442 g/mol. The minimum atomic E-state index is -1.10. The van der Waals surface area contributed by atoms with Crippen LogP contribution in [-0.4, -0.2) is 49.6 Å². The molecule has 0 aliphatic carbocycles. The van der Waals surface area contributed by atoms with Crippen LogP contribution in [-0.2, 0) is 9.59 Å². The number of Topliss-reactive ketones (excluding diaryl/α,β-unsaturated/α-hetero) is 1. The predicted octanol–water partition coefficient (Wildman–Crippen LogP) is 3.31. The van der Waals surface area contributed by atoms with E-state index in [-0.39, 0.29) is 24.1 Å². The maximum Gasteiger partial charge on any atom is 0.326 e. The van der Waals surface area contributed by atoms with Crippen molar-refractivity contribution in [3.05, 3.63) is 53.3 Å². The number of nitrogens with one attached hydrogen (secondary N) is 1. The van der Waals surface area contributed by atoms with Crippen molar-refractivity contribution in [2.75, 3.05) is 20.8 Å². The van der Waals surface area contributed by atoms with Crippen molar-refractivity contribution in [2.24, 2.45) is 5.92 Å². The number of carboxylic acids is 1. The number of carbonyl (C=O) groups excluding carboxylic acids is 2. The minimum absolute atomic E-state index is 0.105. The number of hydrogen-bond acceptors (Lipinski definition) is 7. The molecule has 34 heavy (non-hydrogen) atoms. The summed E-state index contributed by atoms with van der Waals surface area (Å²) in [6, 6.07) is 8.81. The third kappa shape index (κ3) is 5.86. The average Bonchev–Trinajstić information content (AvgIpc) is 3.11. The maximum atomic E-state index is 12.8. The molecule has 3 rings (SSSR count). The van der Waals surface area contributed by atoms with Crippen molar-refractivity contribution in [3.63, 3.8) is 0 Å². The number of methoxy groups -OCH3 is 2. The summed E-state index contributed by atoms with van der Waals surface area (Å²) in [5.74, 6) is -0.00738. The first-order chi connectivity index (χ1) is 16.2. The highest BCUT2D eigenvalue weighted by Gasteiger charge is 2.28. The fraction of sp³-hybridized carbons (Fsp3) is 0.320. The van der Waals surface area contributed by atoms with Gasteiger partial charge in [-0.25, -0.2) is 4.79 Å². The fourth-order valence-corrected chi connectivity index (χ4v) is 3.43. The first-order valence-corrected chi connectivity index (χ1v) is 10.7. The molecule has 1 atom stereocenters. The van der Waals surface area contributed by atoms with Gasteiger partial charge in [0.1, 0.15) is 29.0 Å². The van der Waals surface area contributed by atoms with Gasteiger partial charge in [-0.2, -0.15) is 0 Å². The van der Waals surface area contributed by atoms with Crippen LogP contribution in [0.1, 0.15) is 36.2 Å². The largest absolute Gasteiger partial charge is 0.497 e. The van der Waals surface area contributed by atoms with Crippen molar-refractivity contribution in [1.29, 1.82) is 0 Å². The Morgan fingerprint density at radius 1 is 1.09 bits per heavy atom. The van der Waals surface area contributed by atoms with Gasteiger partial charge in [0, 0.05) is 11.6 Å². The Kier molecular flexibility index (Phi) is 7.78. The number of aliphatic carboxylic acids is 1. The summed E-state index contributed by atoms with van der Waals surface area (Å²) in [5.41, 5.74) is 0.966. The van der Waals surface area contributed by atoms with E-state index in [1.165, 1.54) is 13.2 Å². The number of fused-ring (bicyclic) bond motifs is 1. The highest BCUT2D eigenvalue weighted by Crippen LogP contribution is 2.36. The monoisotopic (exact) mass is 469 g/mol. The van der Waals surface area contributed by atoms with Gasteiger partial charge in [-0.05, 0) is 48.7 Å². The molecule has 0 unspecified atom stereocenters. The van der Waals surface area contributed by atoms with Crippen LogP contribution < -0.4 is 24.3 Å². The summed E-state index contributed by atoms with van der Waals surface area (Å²) in [5, 5.41) is 11.7. The van der Waals surface area contributed by atoms with Gasteiger partial charge in [0.25, 0.3) is 5.91 Å². The van der Waals surface area contributed by atoms with Crippen molar-refractivity contribution >= 4 is 23.7 Å². The number of carboxylic acid groups (broad SMARTS) is 1. The zero-order chi connectivity index (χ0) is 24.8. The number of allylic oxidation sites excluding steroid dienone is 1. The number of hydrogen-bond donors (Lipinski definition) is 2. The van der Waals surface area contributed by atoms with Crippen LogP contribution in [0.4, 0.5) is 0 Å². The number of carbonyl (C=O) groups is 3. The molecule has 0 saturated carbocycles. The van der Waals surface area contributed by atoms with Crippen LogP contribution in [0, 0.1) is 5.92 Å². The molecule has 1 amide bonds. The summed E-state index contributed by atoms with van der Waals surface area (Å²) in [7, 11) is 3.07. The summed E-state index contributed by atoms with van der Waals surface area (Å²) in [6.45, 7) is 3.37. The lowest BCUT2D eigenvalue weighted by atomic mass is 10.0. The quantitative estimate of drug-likeness (QED) is 0.509. The lowest BCUT2D eigenvalue weighted by Crippen LogP contribution is -2.43. The smallest absolute Gasteiger partial charge is 0.326 e. The highest BCUT2D eigenvalue weighted by molar-refractivity contribution is 6.14. The molecule has 180 valence electrons. The van der Waals surface area contributed by atoms with Crippen LogP contribution in [0.2, 0.25) is 0 Å². The Morgan fingerprint density at radius 3 is 2.47 bits per heavy atom. The summed E-state index contributed by atoms with van der Waals surface area (Å²) in [6.07, 6.45) is 1.88. The zero-order valence-electron chi connectivity index (χ0n) is 19.4. The van der Waals surface area contributed by atoms with Crippen LogP contribution in [0.5, 0.6) is 23.0 Å². The lowest BCUT2D eigenvalue weighted by molar-refractivity contribution is -0.142. The molecule has 0 fully saturated rings. The van der Waals surface area contributed by atoms with E-state index in [0.717, 1.165) is 0 Å². The highest BCUT2D eigenvalue weighted by atomic mass is 16.5. The van der Waals surface area contributed by atoms with E-state index >= 15 is 0 Å². The van der Waals surface area contributed by atoms with Gasteiger partial charge in [0.15, 0.2) is 12.4 Å². The molecule has 9 nitrogen and oxygen atoms in total. The van der Waals surface area contributed by atoms with Gasteiger partial charge < -0.3 is 29.4 Å². The standard InChI is InChI=1S/C25H27NO8/c1-14(2)9-19(25(29)30)26-23(27)13-33-17-5-7-18-21(12-17)34-22(24(18)28)11-15-10-16(31-3)6-8-20(15)32-4/h5-8,10-12,14,19H,9,13H2,1-4H3,(H,26,27)(H,29,30)/b22-11+/t19-/m1/s1. The molecule has 1 aliphatic heterocycles. The van der Waals surface area contributed by atoms with Gasteiger partial charge >= 0.3 is 5.97 Å². The Morgan fingerprint density at radius 2 is 1.82 bits per heavy atom. The van der Waals surface area contributed by atoms with Crippen LogP contribution in [0.15, 0.2) is 42.2 Å². The number of amides is 1. The first kappa shape index (κ1) is 24.6. The molecule has 0 spiro atoms. The van der Waals surface area contributed by atoms with Crippen molar-refractivity contribution in [2.45, 2.75) is 26.3 Å². The van der Waals surface area contributed by atoms with Gasteiger partial charge in [0.2, 0.25) is 5.78 Å². The lowest BCUT2D eigenvalue weighted by Gasteiger charge is -2.16. The molecule has 9 heteroatoms. The summed E-state index contributed by atoms with van der Waals surface area (Å²) >= 11 is 0. The Balaban J connectivity index is 1.69. The average molecular weight is 469 g/mol. The Labute approximate surface area is 197 Å². The molecule has 2 N–H and O–H groups in total. The number of ketones is 1. The molecule has 0 aromatic heterocycles. The predicted molar refractivity (Wildman–Crippen MR) is 123 cm³/mol. The Hall–Kier alpha value is -4.01. The van der Waals surface area contributed by atoms with Crippen LogP contribution >= 0.6 is 0 Å². The van der Waals surface area contributed by atoms with Crippen molar-refractivity contribution in [3.8, 4) is 23.0 Å². The molecular formula is C25H27NO8. The second-order valence-corrected chi connectivity index (χ2v) is 8.08.